The van der Waals surface area contributed by atoms with Crippen LogP contribution in [0.5, 0.6) is 0 Å². The second-order valence-electron chi connectivity index (χ2n) is 5.39. The SMILES string of the molecule is CC(=O)c1cc2c(=O)c3cc(C)c(C)cc3oc2nc1C. The fourth-order valence-corrected chi connectivity index (χ4v) is 2.48. The Morgan fingerprint density at radius 2 is 1.71 bits per heavy atom. The maximum absolute atomic E-state index is 12.6. The van der Waals surface area contributed by atoms with Gasteiger partial charge in [0.2, 0.25) is 11.1 Å². The first-order chi connectivity index (χ1) is 9.88. The zero-order chi connectivity index (χ0) is 15.3. The molecule has 4 nitrogen and oxygen atoms in total. The van der Waals surface area contributed by atoms with Crippen molar-refractivity contribution in [2.75, 3.05) is 0 Å². The molecule has 0 saturated heterocycles. The van der Waals surface area contributed by atoms with Crippen LogP contribution in [0.15, 0.2) is 27.4 Å². The van der Waals surface area contributed by atoms with Crippen molar-refractivity contribution in [2.24, 2.45) is 0 Å². The van der Waals surface area contributed by atoms with E-state index < -0.39 is 0 Å². The van der Waals surface area contributed by atoms with Crippen molar-refractivity contribution in [1.29, 1.82) is 0 Å². The van der Waals surface area contributed by atoms with Crippen molar-refractivity contribution in [3.63, 3.8) is 0 Å². The largest absolute Gasteiger partial charge is 0.437 e. The lowest BCUT2D eigenvalue weighted by Crippen LogP contribution is -2.07. The number of fused-ring (bicyclic) bond motifs is 2. The van der Waals surface area contributed by atoms with Crippen molar-refractivity contribution < 1.29 is 9.21 Å². The standard InChI is InChI=1S/C17H15NO3/c1-8-5-13-15(6-9(8)2)21-17-14(16(13)20)7-12(11(4)19)10(3)18-17/h5-7H,1-4H3. The summed E-state index contributed by atoms with van der Waals surface area (Å²) < 4.78 is 5.76. The summed E-state index contributed by atoms with van der Waals surface area (Å²) in [4.78, 5) is 28.5. The van der Waals surface area contributed by atoms with E-state index in [4.69, 9.17) is 4.42 Å². The minimum absolute atomic E-state index is 0.110. The van der Waals surface area contributed by atoms with Crippen LogP contribution < -0.4 is 5.43 Å². The number of hydrogen-bond acceptors (Lipinski definition) is 4. The number of aromatic nitrogens is 1. The van der Waals surface area contributed by atoms with Gasteiger partial charge in [0.15, 0.2) is 5.78 Å². The molecule has 4 heteroatoms. The number of ketones is 1. The van der Waals surface area contributed by atoms with Crippen LogP contribution >= 0.6 is 0 Å². The third kappa shape index (κ3) is 2.03. The van der Waals surface area contributed by atoms with Gasteiger partial charge in [-0.1, -0.05) is 0 Å². The number of pyridine rings is 1. The first kappa shape index (κ1) is 13.5. The molecule has 21 heavy (non-hydrogen) atoms. The molecule has 0 spiro atoms. The molecule has 0 N–H and O–H groups in total. The maximum atomic E-state index is 12.6. The molecule has 0 aliphatic carbocycles. The number of rotatable bonds is 1. The van der Waals surface area contributed by atoms with E-state index in [9.17, 15) is 9.59 Å². The van der Waals surface area contributed by atoms with Gasteiger partial charge in [-0.2, -0.15) is 0 Å². The van der Waals surface area contributed by atoms with Gasteiger partial charge in [-0.05, 0) is 57.0 Å². The number of nitrogens with zero attached hydrogens (tertiary/aromatic N) is 1. The van der Waals surface area contributed by atoms with Crippen LogP contribution in [-0.2, 0) is 0 Å². The summed E-state index contributed by atoms with van der Waals surface area (Å²) in [6, 6.07) is 5.26. The Hall–Kier alpha value is -2.49. The third-order valence-corrected chi connectivity index (χ3v) is 3.85. The molecule has 0 bridgehead atoms. The molecule has 3 aromatic rings. The smallest absolute Gasteiger partial charge is 0.230 e. The van der Waals surface area contributed by atoms with Crippen LogP contribution in [0.3, 0.4) is 0 Å². The van der Waals surface area contributed by atoms with Crippen molar-refractivity contribution in [3.05, 3.63) is 50.8 Å². The van der Waals surface area contributed by atoms with E-state index in [-0.39, 0.29) is 16.9 Å². The lowest BCUT2D eigenvalue weighted by Gasteiger charge is -2.07. The van der Waals surface area contributed by atoms with Crippen LogP contribution in [0.25, 0.3) is 22.1 Å². The van der Waals surface area contributed by atoms with E-state index in [0.717, 1.165) is 11.1 Å². The van der Waals surface area contributed by atoms with Crippen molar-refractivity contribution in [3.8, 4) is 0 Å². The van der Waals surface area contributed by atoms with E-state index in [0.29, 0.717) is 27.6 Å². The molecule has 1 aromatic carbocycles. The number of Topliss-reactive ketones (excluding diaryl/α,β-unsaturated/α-hetero) is 1. The fourth-order valence-electron chi connectivity index (χ4n) is 2.48. The van der Waals surface area contributed by atoms with Gasteiger partial charge in [0.05, 0.1) is 16.5 Å². The number of carbonyl (C=O) groups is 1. The number of hydrogen-bond donors (Lipinski definition) is 0. The molecular weight excluding hydrogens is 266 g/mol. The van der Waals surface area contributed by atoms with Gasteiger partial charge in [0.1, 0.15) is 5.58 Å². The molecule has 0 aliphatic rings. The normalized spacial score (nSPS) is 11.2. The molecule has 2 aromatic heterocycles. The summed E-state index contributed by atoms with van der Waals surface area (Å²) in [7, 11) is 0. The van der Waals surface area contributed by atoms with Gasteiger partial charge in [0, 0.05) is 5.56 Å². The number of benzene rings is 1. The van der Waals surface area contributed by atoms with Crippen LogP contribution in [0.2, 0.25) is 0 Å². The molecule has 0 aliphatic heterocycles. The Kier molecular flexibility index (Phi) is 2.90. The lowest BCUT2D eigenvalue weighted by atomic mass is 10.0. The summed E-state index contributed by atoms with van der Waals surface area (Å²) in [6.07, 6.45) is 0. The maximum Gasteiger partial charge on any atom is 0.230 e. The zero-order valence-electron chi connectivity index (χ0n) is 12.4. The Labute approximate surface area is 121 Å². The second-order valence-corrected chi connectivity index (χ2v) is 5.39. The zero-order valence-corrected chi connectivity index (χ0v) is 12.4. The second kappa shape index (κ2) is 4.52. The van der Waals surface area contributed by atoms with Gasteiger partial charge in [-0.15, -0.1) is 0 Å². The molecule has 0 atom stereocenters. The van der Waals surface area contributed by atoms with Crippen LogP contribution in [0.4, 0.5) is 0 Å². The van der Waals surface area contributed by atoms with E-state index in [1.54, 1.807) is 13.0 Å². The van der Waals surface area contributed by atoms with Gasteiger partial charge in [0.25, 0.3) is 0 Å². The highest BCUT2D eigenvalue weighted by atomic mass is 16.3. The summed E-state index contributed by atoms with van der Waals surface area (Å²) in [5.41, 5.74) is 3.77. The molecule has 0 fully saturated rings. The molecule has 3 rings (SSSR count). The molecule has 0 unspecified atom stereocenters. The van der Waals surface area contributed by atoms with Gasteiger partial charge in [-0.25, -0.2) is 4.98 Å². The minimum atomic E-state index is -0.149. The first-order valence-corrected chi connectivity index (χ1v) is 6.75. The Morgan fingerprint density at radius 3 is 2.38 bits per heavy atom. The summed E-state index contributed by atoms with van der Waals surface area (Å²) >= 11 is 0. The first-order valence-electron chi connectivity index (χ1n) is 6.75. The Balaban J connectivity index is 2.51. The van der Waals surface area contributed by atoms with Gasteiger partial charge < -0.3 is 4.42 Å². The van der Waals surface area contributed by atoms with Gasteiger partial charge in [-0.3, -0.25) is 9.59 Å². The predicted molar refractivity (Wildman–Crippen MR) is 82.0 cm³/mol. The fraction of sp³-hybridized carbons (Fsp3) is 0.235. The van der Waals surface area contributed by atoms with E-state index in [2.05, 4.69) is 4.98 Å². The molecule has 2 heterocycles. The predicted octanol–water partition coefficient (Wildman–Crippen LogP) is 3.47. The Bertz CT molecular complexity index is 967. The van der Waals surface area contributed by atoms with E-state index in [1.165, 1.54) is 6.92 Å². The lowest BCUT2D eigenvalue weighted by molar-refractivity contribution is 0.101. The van der Waals surface area contributed by atoms with Crippen molar-refractivity contribution in [1.82, 2.24) is 4.98 Å². The molecule has 0 amide bonds. The number of aryl methyl sites for hydroxylation is 3. The quantitative estimate of drug-likeness (QED) is 0.506. The summed E-state index contributed by atoms with van der Waals surface area (Å²) in [5, 5.41) is 0.868. The van der Waals surface area contributed by atoms with E-state index in [1.807, 2.05) is 26.0 Å². The minimum Gasteiger partial charge on any atom is -0.437 e. The van der Waals surface area contributed by atoms with Gasteiger partial charge >= 0.3 is 0 Å². The number of carbonyl (C=O) groups excluding carboxylic acids is 1. The highest BCUT2D eigenvalue weighted by Gasteiger charge is 2.14. The van der Waals surface area contributed by atoms with E-state index >= 15 is 0 Å². The summed E-state index contributed by atoms with van der Waals surface area (Å²) in [6.45, 7) is 7.12. The molecule has 0 radical (unpaired) electrons. The average molecular weight is 281 g/mol. The molecule has 0 saturated carbocycles. The third-order valence-electron chi connectivity index (χ3n) is 3.85. The molecule has 106 valence electrons. The Morgan fingerprint density at radius 1 is 1.05 bits per heavy atom. The van der Waals surface area contributed by atoms with Crippen molar-refractivity contribution >= 4 is 27.9 Å². The van der Waals surface area contributed by atoms with Crippen LogP contribution in [0.1, 0.15) is 34.1 Å². The topological polar surface area (TPSA) is 60.2 Å². The van der Waals surface area contributed by atoms with Crippen molar-refractivity contribution in [2.45, 2.75) is 27.7 Å². The highest BCUT2D eigenvalue weighted by Crippen LogP contribution is 2.22. The van der Waals surface area contributed by atoms with Crippen LogP contribution in [0, 0.1) is 20.8 Å². The summed E-state index contributed by atoms with van der Waals surface area (Å²) in [5.74, 6) is -0.110. The van der Waals surface area contributed by atoms with Crippen LogP contribution in [-0.4, -0.2) is 10.8 Å². The molecular formula is C17H15NO3. The highest BCUT2D eigenvalue weighted by molar-refractivity contribution is 5.99. The average Bonchev–Trinajstić information content (AvgIpc) is 2.40. The monoisotopic (exact) mass is 281 g/mol.